The van der Waals surface area contributed by atoms with Gasteiger partial charge in [0.2, 0.25) is 0 Å². The first-order valence-electron chi connectivity index (χ1n) is 6.50. The summed E-state index contributed by atoms with van der Waals surface area (Å²) in [4.78, 5) is 24.7. The van der Waals surface area contributed by atoms with Gasteiger partial charge in [0.05, 0.1) is 4.92 Å². The molecule has 0 aliphatic carbocycles. The molecule has 0 N–H and O–H groups in total. The fourth-order valence-corrected chi connectivity index (χ4v) is 2.18. The van der Waals surface area contributed by atoms with E-state index in [1.54, 1.807) is 17.9 Å². The molecule has 0 atom stereocenters. The number of carbonyl (C=O) groups is 1. The van der Waals surface area contributed by atoms with Gasteiger partial charge in [0.25, 0.3) is 11.6 Å². The zero-order chi connectivity index (χ0) is 15.3. The number of nitro benzene ring substituents is 1. The number of hydrogen-bond acceptors (Lipinski definition) is 3. The molecule has 0 saturated carbocycles. The van der Waals surface area contributed by atoms with Crippen molar-refractivity contribution in [1.29, 1.82) is 0 Å². The van der Waals surface area contributed by atoms with E-state index < -0.39 is 4.92 Å². The maximum absolute atomic E-state index is 12.6. The van der Waals surface area contributed by atoms with Gasteiger partial charge >= 0.3 is 0 Å². The summed E-state index contributed by atoms with van der Waals surface area (Å²) in [7, 11) is 0. The van der Waals surface area contributed by atoms with Crippen molar-refractivity contribution >= 4 is 27.5 Å². The largest absolute Gasteiger partial charge is 0.336 e. The van der Waals surface area contributed by atoms with Crippen LogP contribution in [-0.2, 0) is 0 Å². The predicted octanol–water partition coefficient (Wildman–Crippen LogP) is 3.54. The van der Waals surface area contributed by atoms with E-state index in [0.717, 1.165) is 17.3 Å². The molecule has 0 spiro atoms. The summed E-state index contributed by atoms with van der Waals surface area (Å²) in [6.45, 7) is 6.31. The zero-order valence-corrected chi connectivity index (χ0v) is 13.5. The number of non-ortho nitro benzene ring substituents is 1. The van der Waals surface area contributed by atoms with E-state index in [2.05, 4.69) is 15.9 Å². The van der Waals surface area contributed by atoms with E-state index in [9.17, 15) is 14.9 Å². The van der Waals surface area contributed by atoms with Gasteiger partial charge in [-0.2, -0.15) is 0 Å². The second kappa shape index (κ2) is 7.38. The molecular weight excluding hydrogens is 324 g/mol. The van der Waals surface area contributed by atoms with Gasteiger partial charge in [-0.05, 0) is 32.8 Å². The highest BCUT2D eigenvalue weighted by molar-refractivity contribution is 9.09. The van der Waals surface area contributed by atoms with Gasteiger partial charge in [-0.25, -0.2) is 0 Å². The van der Waals surface area contributed by atoms with Gasteiger partial charge in [-0.1, -0.05) is 22.0 Å². The summed E-state index contributed by atoms with van der Waals surface area (Å²) in [5.74, 6) is -0.151. The van der Waals surface area contributed by atoms with Crippen LogP contribution in [-0.4, -0.2) is 33.6 Å². The maximum atomic E-state index is 12.6. The zero-order valence-electron chi connectivity index (χ0n) is 11.9. The lowest BCUT2D eigenvalue weighted by molar-refractivity contribution is -0.384. The topological polar surface area (TPSA) is 63.5 Å². The van der Waals surface area contributed by atoms with E-state index in [1.165, 1.54) is 12.1 Å². The van der Waals surface area contributed by atoms with E-state index in [-0.39, 0.29) is 17.6 Å². The molecule has 1 amide bonds. The minimum absolute atomic E-state index is 0.0526. The second-order valence-corrected chi connectivity index (χ2v) is 5.68. The van der Waals surface area contributed by atoms with E-state index in [4.69, 9.17) is 0 Å². The first-order valence-corrected chi connectivity index (χ1v) is 7.62. The summed E-state index contributed by atoms with van der Waals surface area (Å²) < 4.78 is 0. The lowest BCUT2D eigenvalue weighted by Crippen LogP contribution is -2.38. The molecule has 0 aromatic heterocycles. The van der Waals surface area contributed by atoms with Crippen molar-refractivity contribution in [2.45, 2.75) is 33.2 Å². The normalized spacial score (nSPS) is 10.7. The Bertz CT molecular complexity index is 503. The molecule has 0 heterocycles. The van der Waals surface area contributed by atoms with Gasteiger partial charge in [0.1, 0.15) is 0 Å². The van der Waals surface area contributed by atoms with Crippen molar-refractivity contribution in [3.05, 3.63) is 39.4 Å². The van der Waals surface area contributed by atoms with Crippen LogP contribution >= 0.6 is 15.9 Å². The summed E-state index contributed by atoms with van der Waals surface area (Å²) in [6.07, 6.45) is 0.845. The molecule has 1 aromatic rings. The average molecular weight is 343 g/mol. The highest BCUT2D eigenvalue weighted by Crippen LogP contribution is 2.20. The van der Waals surface area contributed by atoms with E-state index in [0.29, 0.717) is 12.1 Å². The second-order valence-electron chi connectivity index (χ2n) is 4.89. The quantitative estimate of drug-likeness (QED) is 0.451. The standard InChI is InChI=1S/C14H19BrN2O3/c1-10(2)16(8-4-7-15)14(18)13-9-12(17(19)20)6-5-11(13)3/h5-6,9-10H,4,7-8H2,1-3H3. The molecule has 5 nitrogen and oxygen atoms in total. The Morgan fingerprint density at radius 2 is 2.10 bits per heavy atom. The number of benzene rings is 1. The van der Waals surface area contributed by atoms with Crippen LogP contribution in [0, 0.1) is 17.0 Å². The van der Waals surface area contributed by atoms with Crippen LogP contribution in [0.4, 0.5) is 5.69 Å². The fraction of sp³-hybridized carbons (Fsp3) is 0.500. The predicted molar refractivity (Wildman–Crippen MR) is 82.4 cm³/mol. The number of amides is 1. The Balaban J connectivity index is 3.10. The van der Waals surface area contributed by atoms with Crippen molar-refractivity contribution in [1.82, 2.24) is 4.90 Å². The molecule has 0 bridgehead atoms. The highest BCUT2D eigenvalue weighted by atomic mass is 79.9. The van der Waals surface area contributed by atoms with Crippen LogP contribution in [0.25, 0.3) is 0 Å². The molecule has 110 valence electrons. The molecule has 0 aliphatic rings. The van der Waals surface area contributed by atoms with Crippen LogP contribution in [0.5, 0.6) is 0 Å². The number of nitro groups is 1. The lowest BCUT2D eigenvalue weighted by Gasteiger charge is -2.27. The van der Waals surface area contributed by atoms with Crippen molar-refractivity contribution in [2.75, 3.05) is 11.9 Å². The molecule has 0 unspecified atom stereocenters. The summed E-state index contributed by atoms with van der Waals surface area (Å²) >= 11 is 3.35. The maximum Gasteiger partial charge on any atom is 0.270 e. The van der Waals surface area contributed by atoms with Gasteiger partial charge in [-0.3, -0.25) is 14.9 Å². The Morgan fingerprint density at radius 3 is 2.60 bits per heavy atom. The first kappa shape index (κ1) is 16.6. The van der Waals surface area contributed by atoms with Gasteiger partial charge < -0.3 is 4.90 Å². The van der Waals surface area contributed by atoms with E-state index >= 15 is 0 Å². The molecule has 20 heavy (non-hydrogen) atoms. The lowest BCUT2D eigenvalue weighted by atomic mass is 10.1. The molecule has 0 fully saturated rings. The van der Waals surface area contributed by atoms with Crippen LogP contribution in [0.1, 0.15) is 36.2 Å². The number of alkyl halides is 1. The van der Waals surface area contributed by atoms with Gasteiger partial charge in [0.15, 0.2) is 0 Å². The number of halogens is 1. The Hall–Kier alpha value is -1.43. The van der Waals surface area contributed by atoms with Crippen LogP contribution < -0.4 is 0 Å². The van der Waals surface area contributed by atoms with Crippen LogP contribution in [0.2, 0.25) is 0 Å². The number of hydrogen-bond donors (Lipinski definition) is 0. The third-order valence-electron chi connectivity index (χ3n) is 3.08. The Kier molecular flexibility index (Phi) is 6.13. The molecular formula is C14H19BrN2O3. The fourth-order valence-electron chi connectivity index (χ4n) is 1.93. The molecule has 0 saturated heterocycles. The summed E-state index contributed by atoms with van der Waals surface area (Å²) in [6, 6.07) is 4.46. The van der Waals surface area contributed by atoms with Crippen molar-refractivity contribution in [3.8, 4) is 0 Å². The number of aryl methyl sites for hydroxylation is 1. The number of nitrogens with zero attached hydrogens (tertiary/aromatic N) is 2. The molecule has 6 heteroatoms. The summed E-state index contributed by atoms with van der Waals surface area (Å²) in [5, 5.41) is 11.7. The third-order valence-corrected chi connectivity index (χ3v) is 3.64. The van der Waals surface area contributed by atoms with Crippen molar-refractivity contribution in [3.63, 3.8) is 0 Å². The highest BCUT2D eigenvalue weighted by Gasteiger charge is 2.22. The average Bonchev–Trinajstić information content (AvgIpc) is 2.38. The Labute approximate surface area is 127 Å². The minimum Gasteiger partial charge on any atom is -0.336 e. The minimum atomic E-state index is -0.478. The van der Waals surface area contributed by atoms with Crippen LogP contribution in [0.15, 0.2) is 18.2 Å². The van der Waals surface area contributed by atoms with E-state index in [1.807, 2.05) is 13.8 Å². The van der Waals surface area contributed by atoms with Crippen molar-refractivity contribution < 1.29 is 9.72 Å². The van der Waals surface area contributed by atoms with Gasteiger partial charge in [0, 0.05) is 35.6 Å². The molecule has 0 radical (unpaired) electrons. The smallest absolute Gasteiger partial charge is 0.270 e. The third kappa shape index (κ3) is 4.03. The van der Waals surface area contributed by atoms with Crippen LogP contribution in [0.3, 0.4) is 0 Å². The number of carbonyl (C=O) groups excluding carboxylic acids is 1. The number of rotatable bonds is 6. The molecule has 1 rings (SSSR count). The monoisotopic (exact) mass is 342 g/mol. The molecule has 1 aromatic carbocycles. The molecule has 0 aliphatic heterocycles. The Morgan fingerprint density at radius 1 is 1.45 bits per heavy atom. The van der Waals surface area contributed by atoms with Crippen molar-refractivity contribution in [2.24, 2.45) is 0 Å². The first-order chi connectivity index (χ1) is 9.38. The SMILES string of the molecule is Cc1ccc([N+](=O)[O-])cc1C(=O)N(CCCBr)C(C)C. The van der Waals surface area contributed by atoms with Gasteiger partial charge in [-0.15, -0.1) is 0 Å². The summed E-state index contributed by atoms with van der Waals surface area (Å²) in [5.41, 5.74) is 1.11.